The lowest BCUT2D eigenvalue weighted by atomic mass is 10.3. The van der Waals surface area contributed by atoms with Crippen molar-refractivity contribution in [3.05, 3.63) is 53.7 Å². The molecule has 0 radical (unpaired) electrons. The first-order valence-corrected chi connectivity index (χ1v) is 8.85. The molecular weight excluding hydrogens is 338 g/mol. The standard InChI is InChI=1S/C16H16F2N2O3S/c1-11-3-2-4-16(19-11)23-14-5-6-20(10-14)24(21,22)15-8-12(17)7-13(18)9-15/h2-4,7-9,14H,5-6,10H2,1H3. The highest BCUT2D eigenvalue weighted by Gasteiger charge is 2.34. The molecule has 0 saturated carbocycles. The lowest BCUT2D eigenvalue weighted by Crippen LogP contribution is -2.31. The van der Waals surface area contributed by atoms with Gasteiger partial charge in [-0.15, -0.1) is 0 Å². The number of hydrogen-bond donors (Lipinski definition) is 0. The maximum atomic E-state index is 13.3. The van der Waals surface area contributed by atoms with E-state index in [2.05, 4.69) is 4.98 Å². The molecule has 24 heavy (non-hydrogen) atoms. The fourth-order valence-electron chi connectivity index (χ4n) is 2.59. The molecule has 8 heteroatoms. The first-order chi connectivity index (χ1) is 11.3. The summed E-state index contributed by atoms with van der Waals surface area (Å²) in [4.78, 5) is 3.82. The molecule has 0 aliphatic carbocycles. The van der Waals surface area contributed by atoms with Crippen LogP contribution in [0, 0.1) is 18.6 Å². The third-order valence-corrected chi connectivity index (χ3v) is 5.57. The third kappa shape index (κ3) is 3.54. The van der Waals surface area contributed by atoms with E-state index in [0.717, 1.165) is 17.8 Å². The van der Waals surface area contributed by atoms with Crippen LogP contribution < -0.4 is 4.74 Å². The number of nitrogens with zero attached hydrogens (tertiary/aromatic N) is 2. The van der Waals surface area contributed by atoms with Gasteiger partial charge in [-0.3, -0.25) is 0 Å². The number of rotatable bonds is 4. The zero-order valence-corrected chi connectivity index (χ0v) is 13.8. The van der Waals surface area contributed by atoms with Gasteiger partial charge in [-0.05, 0) is 31.5 Å². The summed E-state index contributed by atoms with van der Waals surface area (Å²) in [6, 6.07) is 7.60. The van der Waals surface area contributed by atoms with Crippen molar-refractivity contribution in [3.8, 4) is 5.88 Å². The highest BCUT2D eigenvalue weighted by atomic mass is 32.2. The van der Waals surface area contributed by atoms with E-state index in [1.54, 1.807) is 12.1 Å². The van der Waals surface area contributed by atoms with E-state index >= 15 is 0 Å². The molecule has 128 valence electrons. The van der Waals surface area contributed by atoms with Crippen molar-refractivity contribution in [2.75, 3.05) is 13.1 Å². The molecule has 0 spiro atoms. The van der Waals surface area contributed by atoms with Crippen LogP contribution in [-0.2, 0) is 10.0 Å². The van der Waals surface area contributed by atoms with Crippen LogP contribution in [0.2, 0.25) is 0 Å². The smallest absolute Gasteiger partial charge is 0.243 e. The zero-order chi connectivity index (χ0) is 17.3. The third-order valence-electron chi connectivity index (χ3n) is 3.73. The molecule has 1 saturated heterocycles. The van der Waals surface area contributed by atoms with Gasteiger partial charge in [0.2, 0.25) is 15.9 Å². The lowest BCUT2D eigenvalue weighted by Gasteiger charge is -2.17. The van der Waals surface area contributed by atoms with Crippen LogP contribution in [-0.4, -0.2) is 36.9 Å². The Morgan fingerprint density at radius 3 is 2.58 bits per heavy atom. The van der Waals surface area contributed by atoms with E-state index in [-0.39, 0.29) is 19.2 Å². The number of pyridine rings is 1. The average Bonchev–Trinajstić information content (AvgIpc) is 2.95. The van der Waals surface area contributed by atoms with E-state index in [0.29, 0.717) is 18.4 Å². The minimum absolute atomic E-state index is 0.107. The molecule has 2 heterocycles. The van der Waals surface area contributed by atoms with Gasteiger partial charge < -0.3 is 4.74 Å². The molecule has 0 bridgehead atoms. The van der Waals surface area contributed by atoms with Gasteiger partial charge in [-0.25, -0.2) is 22.2 Å². The van der Waals surface area contributed by atoms with Crippen LogP contribution in [0.1, 0.15) is 12.1 Å². The van der Waals surface area contributed by atoms with Gasteiger partial charge in [0.15, 0.2) is 0 Å². The van der Waals surface area contributed by atoms with Crippen molar-refractivity contribution in [2.45, 2.75) is 24.3 Å². The predicted molar refractivity (Wildman–Crippen MR) is 83.1 cm³/mol. The topological polar surface area (TPSA) is 59.5 Å². The van der Waals surface area contributed by atoms with E-state index in [1.807, 2.05) is 13.0 Å². The van der Waals surface area contributed by atoms with Gasteiger partial charge in [0, 0.05) is 24.4 Å². The molecule has 5 nitrogen and oxygen atoms in total. The van der Waals surface area contributed by atoms with Gasteiger partial charge in [-0.1, -0.05) is 6.07 Å². The Labute approximate surface area is 138 Å². The fourth-order valence-corrected chi connectivity index (χ4v) is 4.12. The average molecular weight is 354 g/mol. The molecule has 1 aromatic carbocycles. The Balaban J connectivity index is 1.74. The zero-order valence-electron chi connectivity index (χ0n) is 12.9. The summed E-state index contributed by atoms with van der Waals surface area (Å²) in [6.07, 6.45) is 0.125. The summed E-state index contributed by atoms with van der Waals surface area (Å²) in [5.74, 6) is -1.43. The molecule has 1 unspecified atom stereocenters. The summed E-state index contributed by atoms with van der Waals surface area (Å²) in [7, 11) is -3.96. The number of aromatic nitrogens is 1. The predicted octanol–water partition coefficient (Wildman–Crippen LogP) is 2.51. The van der Waals surface area contributed by atoms with Crippen LogP contribution in [0.5, 0.6) is 5.88 Å². The second kappa shape index (κ2) is 6.45. The van der Waals surface area contributed by atoms with Crippen molar-refractivity contribution in [3.63, 3.8) is 0 Å². The van der Waals surface area contributed by atoms with Crippen molar-refractivity contribution in [2.24, 2.45) is 0 Å². The Bertz CT molecular complexity index is 838. The van der Waals surface area contributed by atoms with Gasteiger partial charge >= 0.3 is 0 Å². The Morgan fingerprint density at radius 2 is 1.92 bits per heavy atom. The van der Waals surface area contributed by atoms with Gasteiger partial charge in [-0.2, -0.15) is 4.31 Å². The molecule has 1 atom stereocenters. The molecule has 1 aromatic heterocycles. The first kappa shape index (κ1) is 16.8. The van der Waals surface area contributed by atoms with Crippen LogP contribution in [0.15, 0.2) is 41.3 Å². The van der Waals surface area contributed by atoms with Gasteiger partial charge in [0.25, 0.3) is 0 Å². The number of ether oxygens (including phenoxy) is 1. The SMILES string of the molecule is Cc1cccc(OC2CCN(S(=O)(=O)c3cc(F)cc(F)c3)C2)n1. The monoisotopic (exact) mass is 354 g/mol. The number of benzene rings is 1. The Morgan fingerprint density at radius 1 is 1.21 bits per heavy atom. The molecule has 1 aliphatic rings. The van der Waals surface area contributed by atoms with Crippen LogP contribution in [0.4, 0.5) is 8.78 Å². The highest BCUT2D eigenvalue weighted by molar-refractivity contribution is 7.89. The molecule has 1 fully saturated rings. The van der Waals surface area contributed by atoms with E-state index in [4.69, 9.17) is 4.74 Å². The summed E-state index contributed by atoms with van der Waals surface area (Å²) < 4.78 is 58.5. The van der Waals surface area contributed by atoms with E-state index < -0.39 is 26.6 Å². The lowest BCUT2D eigenvalue weighted by molar-refractivity contribution is 0.206. The van der Waals surface area contributed by atoms with E-state index in [9.17, 15) is 17.2 Å². The summed E-state index contributed by atoms with van der Waals surface area (Å²) >= 11 is 0. The second-order valence-corrected chi connectivity index (χ2v) is 7.55. The summed E-state index contributed by atoms with van der Waals surface area (Å²) in [5, 5.41) is 0. The van der Waals surface area contributed by atoms with Crippen molar-refractivity contribution >= 4 is 10.0 Å². The van der Waals surface area contributed by atoms with Gasteiger partial charge in [0.1, 0.15) is 17.7 Å². The van der Waals surface area contributed by atoms with Crippen LogP contribution >= 0.6 is 0 Å². The Hall–Kier alpha value is -2.06. The maximum absolute atomic E-state index is 13.3. The Kier molecular flexibility index (Phi) is 4.51. The number of hydrogen-bond acceptors (Lipinski definition) is 4. The molecule has 2 aromatic rings. The van der Waals surface area contributed by atoms with Crippen molar-refractivity contribution in [1.29, 1.82) is 0 Å². The van der Waals surface area contributed by atoms with Crippen molar-refractivity contribution < 1.29 is 21.9 Å². The quantitative estimate of drug-likeness (QED) is 0.847. The molecule has 0 amide bonds. The summed E-state index contributed by atoms with van der Waals surface area (Å²) in [5.41, 5.74) is 0.796. The molecular formula is C16H16F2N2O3S. The second-order valence-electron chi connectivity index (χ2n) is 5.61. The first-order valence-electron chi connectivity index (χ1n) is 7.41. The highest BCUT2D eigenvalue weighted by Crippen LogP contribution is 2.24. The normalized spacial score (nSPS) is 18.7. The maximum Gasteiger partial charge on any atom is 0.243 e. The fraction of sp³-hybridized carbons (Fsp3) is 0.312. The number of aryl methyl sites for hydroxylation is 1. The minimum Gasteiger partial charge on any atom is -0.473 e. The van der Waals surface area contributed by atoms with Crippen molar-refractivity contribution in [1.82, 2.24) is 9.29 Å². The number of sulfonamides is 1. The molecule has 3 rings (SSSR count). The van der Waals surface area contributed by atoms with E-state index in [1.165, 1.54) is 4.31 Å². The summed E-state index contributed by atoms with van der Waals surface area (Å²) in [6.45, 7) is 2.16. The van der Waals surface area contributed by atoms with Gasteiger partial charge in [0.05, 0.1) is 11.4 Å². The molecule has 1 aliphatic heterocycles. The molecule has 0 N–H and O–H groups in total. The largest absolute Gasteiger partial charge is 0.473 e. The number of halogens is 2. The van der Waals surface area contributed by atoms with Crippen LogP contribution in [0.3, 0.4) is 0 Å². The van der Waals surface area contributed by atoms with Crippen LogP contribution in [0.25, 0.3) is 0 Å². The minimum atomic E-state index is -3.96.